The van der Waals surface area contributed by atoms with Crippen LogP contribution < -0.4 is 11.1 Å². The van der Waals surface area contributed by atoms with E-state index in [0.717, 1.165) is 37.3 Å². The van der Waals surface area contributed by atoms with E-state index in [-0.39, 0.29) is 6.61 Å². The number of rotatable bonds is 8. The molecule has 2 amide bonds. The van der Waals surface area contributed by atoms with Crippen molar-refractivity contribution < 1.29 is 23.0 Å². The van der Waals surface area contributed by atoms with Gasteiger partial charge in [-0.15, -0.1) is 0 Å². The van der Waals surface area contributed by atoms with Crippen molar-refractivity contribution in [3.8, 4) is 5.69 Å². The molecule has 1 atom stereocenters. The summed E-state index contributed by atoms with van der Waals surface area (Å²) in [5, 5.41) is 7.09. The van der Waals surface area contributed by atoms with E-state index in [1.165, 1.54) is 16.8 Å². The zero-order valence-corrected chi connectivity index (χ0v) is 21.0. The van der Waals surface area contributed by atoms with Gasteiger partial charge in [-0.25, -0.2) is 18.3 Å². The van der Waals surface area contributed by atoms with Crippen molar-refractivity contribution >= 4 is 23.4 Å². The molecule has 3 N–H and O–H groups in total. The van der Waals surface area contributed by atoms with Crippen LogP contribution in [-0.2, 0) is 16.1 Å². The lowest BCUT2D eigenvalue weighted by molar-refractivity contribution is 0.160. The second kappa shape index (κ2) is 13.3. The minimum Gasteiger partial charge on any atom is -0.383 e. The Balaban J connectivity index is 0.000000202. The van der Waals surface area contributed by atoms with Crippen LogP contribution in [0, 0.1) is 11.6 Å². The first-order chi connectivity index (χ1) is 17.3. The molecule has 36 heavy (non-hydrogen) atoms. The Bertz CT molecular complexity index is 1150. The molecular formula is C25H30ClF2N5O3. The molecule has 1 unspecified atom stereocenters. The van der Waals surface area contributed by atoms with Crippen LogP contribution in [0.3, 0.4) is 0 Å². The highest BCUT2D eigenvalue weighted by Crippen LogP contribution is 2.29. The molecule has 0 radical (unpaired) electrons. The number of halogens is 3. The highest BCUT2D eigenvalue weighted by molar-refractivity contribution is 6.34. The largest absolute Gasteiger partial charge is 0.383 e. The number of carbonyl (C=O) groups excluding carboxylic acids is 1. The molecule has 4 rings (SSSR count). The Morgan fingerprint density at radius 3 is 2.56 bits per heavy atom. The van der Waals surface area contributed by atoms with Gasteiger partial charge in [0.2, 0.25) is 0 Å². The molecule has 8 nitrogen and oxygen atoms in total. The van der Waals surface area contributed by atoms with Crippen LogP contribution >= 0.6 is 11.6 Å². The first-order valence-electron chi connectivity index (χ1n) is 11.4. The molecule has 3 aromatic rings. The minimum absolute atomic E-state index is 0.242. The maximum Gasteiger partial charge on any atom is 0.317 e. The number of hydrogen-bond acceptors (Lipinski definition) is 5. The number of nitrogens with one attached hydrogen (secondary N) is 1. The number of primary amides is 1. The molecule has 1 aliphatic rings. The summed E-state index contributed by atoms with van der Waals surface area (Å²) in [5.74, 6) is -0.893. The molecule has 1 aromatic heterocycles. The molecule has 2 heterocycles. The van der Waals surface area contributed by atoms with Crippen molar-refractivity contribution in [3.63, 3.8) is 0 Å². The van der Waals surface area contributed by atoms with E-state index in [0.29, 0.717) is 29.1 Å². The first kappa shape index (κ1) is 27.5. The van der Waals surface area contributed by atoms with E-state index in [9.17, 15) is 13.6 Å². The molecule has 194 valence electrons. The highest BCUT2D eigenvalue weighted by Gasteiger charge is 2.24. The standard InChI is InChI=1S/C13H17F2NO.C12H13ClN4O2/c1-17-7-6-16-5-4-11(9-16)10-2-3-12(14)13(15)8-10;1-19-7-9-10(13)11(15-12(14)18)17(16-9)8-5-3-2-4-6-8/h2-3,8,11H,4-7,9H2,1H3;2-6H,7H2,1H3,(H3,14,15,18). The van der Waals surface area contributed by atoms with Gasteiger partial charge in [0.1, 0.15) is 10.7 Å². The lowest BCUT2D eigenvalue weighted by atomic mass is 9.98. The van der Waals surface area contributed by atoms with Crippen LogP contribution in [0.1, 0.15) is 23.6 Å². The number of amides is 2. The van der Waals surface area contributed by atoms with Crippen molar-refractivity contribution in [2.75, 3.05) is 45.8 Å². The van der Waals surface area contributed by atoms with E-state index in [1.54, 1.807) is 20.3 Å². The van der Waals surface area contributed by atoms with Crippen LogP contribution in [-0.4, -0.2) is 61.2 Å². The van der Waals surface area contributed by atoms with Gasteiger partial charge in [-0.05, 0) is 48.7 Å². The van der Waals surface area contributed by atoms with Crippen molar-refractivity contribution in [2.45, 2.75) is 18.9 Å². The maximum atomic E-state index is 13.1. The summed E-state index contributed by atoms with van der Waals surface area (Å²) in [6.07, 6.45) is 0.995. The third-order valence-electron chi connectivity index (χ3n) is 5.72. The van der Waals surface area contributed by atoms with Crippen molar-refractivity contribution in [3.05, 3.63) is 76.4 Å². The third-order valence-corrected chi connectivity index (χ3v) is 6.11. The molecule has 0 saturated carbocycles. The minimum atomic E-state index is -0.775. The monoisotopic (exact) mass is 521 g/mol. The normalized spacial score (nSPS) is 15.4. The summed E-state index contributed by atoms with van der Waals surface area (Å²) in [7, 11) is 3.22. The predicted molar refractivity (Wildman–Crippen MR) is 135 cm³/mol. The lowest BCUT2D eigenvalue weighted by Crippen LogP contribution is -2.24. The van der Waals surface area contributed by atoms with Gasteiger partial charge >= 0.3 is 6.03 Å². The summed E-state index contributed by atoms with van der Waals surface area (Å²) in [6.45, 7) is 3.74. The number of hydrogen-bond donors (Lipinski definition) is 2. The number of likely N-dealkylation sites (tertiary alicyclic amines) is 1. The Labute approximate surface area is 213 Å². The number of urea groups is 1. The molecular weight excluding hydrogens is 492 g/mol. The van der Waals surface area contributed by atoms with Gasteiger partial charge in [0, 0.05) is 27.3 Å². The summed E-state index contributed by atoms with van der Waals surface area (Å²) in [5.41, 5.74) is 7.32. The van der Waals surface area contributed by atoms with Crippen molar-refractivity contribution in [1.29, 1.82) is 0 Å². The fraction of sp³-hybridized carbons (Fsp3) is 0.360. The summed E-state index contributed by atoms with van der Waals surface area (Å²) in [4.78, 5) is 13.3. The molecule has 0 bridgehead atoms. The fourth-order valence-corrected chi connectivity index (χ4v) is 4.17. The SMILES string of the molecule is COCCN1CCC(c2ccc(F)c(F)c2)C1.COCc1nn(-c2ccccc2)c(NC(N)=O)c1Cl. The van der Waals surface area contributed by atoms with E-state index in [2.05, 4.69) is 15.3 Å². The zero-order valence-electron chi connectivity index (χ0n) is 20.2. The van der Waals surface area contributed by atoms with E-state index in [4.69, 9.17) is 26.8 Å². The van der Waals surface area contributed by atoms with Gasteiger partial charge in [-0.3, -0.25) is 5.32 Å². The number of para-hydroxylation sites is 1. The molecule has 0 aliphatic carbocycles. The van der Waals surface area contributed by atoms with Gasteiger partial charge in [0.15, 0.2) is 17.5 Å². The van der Waals surface area contributed by atoms with E-state index in [1.807, 2.05) is 30.3 Å². The second-order valence-electron chi connectivity index (χ2n) is 8.23. The van der Waals surface area contributed by atoms with Gasteiger partial charge in [-0.1, -0.05) is 35.9 Å². The fourth-order valence-electron chi connectivity index (χ4n) is 3.95. The average molecular weight is 522 g/mol. The Kier molecular flexibility index (Phi) is 10.2. The first-order valence-corrected chi connectivity index (χ1v) is 11.8. The number of anilines is 1. The number of methoxy groups -OCH3 is 2. The number of carbonyl (C=O) groups is 1. The number of benzene rings is 2. The Morgan fingerprint density at radius 2 is 1.92 bits per heavy atom. The maximum absolute atomic E-state index is 13.1. The zero-order chi connectivity index (χ0) is 26.1. The van der Waals surface area contributed by atoms with E-state index >= 15 is 0 Å². The molecule has 2 aromatic carbocycles. The van der Waals surface area contributed by atoms with Gasteiger partial charge in [-0.2, -0.15) is 5.10 Å². The van der Waals surface area contributed by atoms with Crippen LogP contribution in [0.5, 0.6) is 0 Å². The van der Waals surface area contributed by atoms with Gasteiger partial charge in [0.05, 0.1) is 18.9 Å². The smallest absolute Gasteiger partial charge is 0.317 e. The van der Waals surface area contributed by atoms with Crippen LogP contribution in [0.25, 0.3) is 5.69 Å². The molecule has 1 saturated heterocycles. The van der Waals surface area contributed by atoms with Crippen LogP contribution in [0.15, 0.2) is 48.5 Å². The molecule has 1 fully saturated rings. The van der Waals surface area contributed by atoms with Crippen molar-refractivity contribution in [1.82, 2.24) is 14.7 Å². The molecule has 0 spiro atoms. The number of aromatic nitrogens is 2. The van der Waals surface area contributed by atoms with Crippen molar-refractivity contribution in [2.24, 2.45) is 5.73 Å². The topological polar surface area (TPSA) is 94.6 Å². The lowest BCUT2D eigenvalue weighted by Gasteiger charge is -2.15. The molecule has 1 aliphatic heterocycles. The highest BCUT2D eigenvalue weighted by atomic mass is 35.5. The predicted octanol–water partition coefficient (Wildman–Crippen LogP) is 4.56. The quantitative estimate of drug-likeness (QED) is 0.453. The summed E-state index contributed by atoms with van der Waals surface area (Å²) < 4.78 is 37.5. The van der Waals surface area contributed by atoms with Gasteiger partial charge < -0.3 is 20.1 Å². The van der Waals surface area contributed by atoms with Gasteiger partial charge in [0.25, 0.3) is 0 Å². The average Bonchev–Trinajstić information content (AvgIpc) is 3.46. The van der Waals surface area contributed by atoms with Crippen LogP contribution in [0.4, 0.5) is 19.4 Å². The van der Waals surface area contributed by atoms with Crippen LogP contribution in [0.2, 0.25) is 5.02 Å². The van der Waals surface area contributed by atoms with E-state index < -0.39 is 17.7 Å². The second-order valence-corrected chi connectivity index (χ2v) is 8.61. The third kappa shape index (κ3) is 7.23. The number of nitrogens with zero attached hydrogens (tertiary/aromatic N) is 3. The number of nitrogens with two attached hydrogens (primary N) is 1. The summed E-state index contributed by atoms with van der Waals surface area (Å²) in [6, 6.07) is 12.8. The summed E-state index contributed by atoms with van der Waals surface area (Å²) >= 11 is 6.17. The molecule has 11 heteroatoms. The number of ether oxygens (including phenoxy) is 2. The Morgan fingerprint density at radius 1 is 1.17 bits per heavy atom. The Hall–Kier alpha value is -3.05.